The van der Waals surface area contributed by atoms with Crippen LogP contribution in [0.15, 0.2) is 16.6 Å². The molecule has 0 fully saturated rings. The number of carbonyl (C=O) groups is 1. The van der Waals surface area contributed by atoms with Crippen LogP contribution in [0, 0.1) is 17.1 Å². The molecule has 0 aliphatic rings. The Balaban J connectivity index is 3.36. The van der Waals surface area contributed by atoms with Crippen molar-refractivity contribution in [2.75, 3.05) is 7.11 Å². The topological polar surface area (TPSA) is 50.1 Å². The van der Waals surface area contributed by atoms with E-state index < -0.39 is 11.8 Å². The Kier molecular flexibility index (Phi) is 3.20. The molecule has 0 N–H and O–H groups in total. The highest BCUT2D eigenvalue weighted by atomic mass is 79.9. The summed E-state index contributed by atoms with van der Waals surface area (Å²) >= 11 is 2.91. The van der Waals surface area contributed by atoms with Crippen LogP contribution in [0.25, 0.3) is 0 Å². The number of methoxy groups -OCH3 is 1. The van der Waals surface area contributed by atoms with Crippen LogP contribution < -0.4 is 0 Å². The molecule has 1 aromatic carbocycles. The van der Waals surface area contributed by atoms with Gasteiger partial charge in [-0.3, -0.25) is 0 Å². The first-order chi connectivity index (χ1) is 6.60. The van der Waals surface area contributed by atoms with Crippen LogP contribution in [0.5, 0.6) is 0 Å². The molecule has 0 amide bonds. The van der Waals surface area contributed by atoms with Crippen molar-refractivity contribution in [3.63, 3.8) is 0 Å². The Morgan fingerprint density at radius 3 is 2.79 bits per heavy atom. The number of hydrogen-bond acceptors (Lipinski definition) is 3. The zero-order chi connectivity index (χ0) is 10.7. The fourth-order valence-electron chi connectivity index (χ4n) is 0.918. The highest BCUT2D eigenvalue weighted by Crippen LogP contribution is 2.20. The van der Waals surface area contributed by atoms with Crippen LogP contribution in [0.2, 0.25) is 0 Å². The average Bonchev–Trinajstić information content (AvgIpc) is 2.20. The molecule has 14 heavy (non-hydrogen) atoms. The maximum absolute atomic E-state index is 13.0. The lowest BCUT2D eigenvalue weighted by atomic mass is 10.1. The summed E-state index contributed by atoms with van der Waals surface area (Å²) in [4.78, 5) is 11.1. The van der Waals surface area contributed by atoms with E-state index in [-0.39, 0.29) is 15.6 Å². The number of nitriles is 1. The van der Waals surface area contributed by atoms with Crippen LogP contribution in [0.3, 0.4) is 0 Å². The van der Waals surface area contributed by atoms with Gasteiger partial charge in [-0.15, -0.1) is 0 Å². The van der Waals surface area contributed by atoms with Gasteiger partial charge >= 0.3 is 5.97 Å². The molecule has 0 aliphatic heterocycles. The van der Waals surface area contributed by atoms with Crippen LogP contribution in [0.4, 0.5) is 4.39 Å². The minimum absolute atomic E-state index is 0.0439. The molecule has 0 bridgehead atoms. The molecule has 0 radical (unpaired) electrons. The van der Waals surface area contributed by atoms with E-state index in [9.17, 15) is 9.18 Å². The summed E-state index contributed by atoms with van der Waals surface area (Å²) in [7, 11) is 1.20. The van der Waals surface area contributed by atoms with Gasteiger partial charge < -0.3 is 4.74 Å². The number of nitrogens with zero attached hydrogens (tertiary/aromatic N) is 1. The van der Waals surface area contributed by atoms with Crippen molar-refractivity contribution in [2.45, 2.75) is 0 Å². The van der Waals surface area contributed by atoms with Crippen molar-refractivity contribution in [3.05, 3.63) is 33.5 Å². The van der Waals surface area contributed by atoms with E-state index in [1.807, 2.05) is 0 Å². The van der Waals surface area contributed by atoms with Crippen molar-refractivity contribution in [1.82, 2.24) is 0 Å². The van der Waals surface area contributed by atoms with Gasteiger partial charge in [-0.25, -0.2) is 9.18 Å². The number of ether oxygens (including phenoxy) is 1. The van der Waals surface area contributed by atoms with Gasteiger partial charge in [0, 0.05) is 0 Å². The Bertz CT molecular complexity index is 426. The summed E-state index contributed by atoms with van der Waals surface area (Å²) in [6.45, 7) is 0. The van der Waals surface area contributed by atoms with Gasteiger partial charge in [-0.05, 0) is 28.1 Å². The second-order valence-corrected chi connectivity index (χ2v) is 3.27. The molecular weight excluding hydrogens is 253 g/mol. The molecule has 0 aliphatic carbocycles. The molecule has 0 saturated heterocycles. The molecule has 0 heterocycles. The van der Waals surface area contributed by atoms with Crippen molar-refractivity contribution >= 4 is 21.9 Å². The third-order valence-electron chi connectivity index (χ3n) is 1.59. The van der Waals surface area contributed by atoms with Gasteiger partial charge in [0.2, 0.25) is 0 Å². The molecule has 3 nitrogen and oxygen atoms in total. The van der Waals surface area contributed by atoms with Crippen LogP contribution in [-0.4, -0.2) is 13.1 Å². The maximum Gasteiger partial charge on any atom is 0.339 e. The predicted molar refractivity (Wildman–Crippen MR) is 50.2 cm³/mol. The summed E-state index contributed by atoms with van der Waals surface area (Å²) in [5.74, 6) is -1.25. The zero-order valence-electron chi connectivity index (χ0n) is 7.17. The van der Waals surface area contributed by atoms with Gasteiger partial charge in [0.1, 0.15) is 11.9 Å². The average molecular weight is 258 g/mol. The molecular formula is C9H5BrFNO2. The molecule has 0 aromatic heterocycles. The zero-order valence-corrected chi connectivity index (χ0v) is 8.76. The quantitative estimate of drug-likeness (QED) is 0.726. The first-order valence-electron chi connectivity index (χ1n) is 3.57. The van der Waals surface area contributed by atoms with Gasteiger partial charge in [-0.2, -0.15) is 5.26 Å². The SMILES string of the molecule is COC(=O)c1cc(Br)c(F)cc1C#N. The Labute approximate surface area is 88.2 Å². The third kappa shape index (κ3) is 1.91. The number of carbonyl (C=O) groups excluding carboxylic acids is 1. The van der Waals surface area contributed by atoms with E-state index in [1.54, 1.807) is 6.07 Å². The number of esters is 1. The van der Waals surface area contributed by atoms with Gasteiger partial charge in [0.25, 0.3) is 0 Å². The monoisotopic (exact) mass is 257 g/mol. The molecule has 5 heteroatoms. The molecule has 0 saturated carbocycles. The van der Waals surface area contributed by atoms with E-state index in [4.69, 9.17) is 5.26 Å². The molecule has 1 rings (SSSR count). The van der Waals surface area contributed by atoms with Gasteiger partial charge in [-0.1, -0.05) is 0 Å². The summed E-state index contributed by atoms with van der Waals surface area (Å²) in [6, 6.07) is 3.92. The second kappa shape index (κ2) is 4.20. The van der Waals surface area contributed by atoms with E-state index in [0.29, 0.717) is 0 Å². The molecule has 72 valence electrons. The number of halogens is 2. The normalized spacial score (nSPS) is 9.29. The minimum Gasteiger partial charge on any atom is -0.465 e. The lowest BCUT2D eigenvalue weighted by Gasteiger charge is -2.02. The number of rotatable bonds is 1. The second-order valence-electron chi connectivity index (χ2n) is 2.42. The van der Waals surface area contributed by atoms with Crippen molar-refractivity contribution in [2.24, 2.45) is 0 Å². The summed E-state index contributed by atoms with van der Waals surface area (Å²) in [5, 5.41) is 8.64. The first kappa shape index (κ1) is 10.7. The standard InChI is InChI=1S/C9H5BrFNO2/c1-14-9(13)6-3-7(10)8(11)2-5(6)4-12/h2-3H,1H3. The number of benzene rings is 1. The van der Waals surface area contributed by atoms with Crippen molar-refractivity contribution in [3.8, 4) is 6.07 Å². The fourth-order valence-corrected chi connectivity index (χ4v) is 1.26. The third-order valence-corrected chi connectivity index (χ3v) is 2.19. The number of hydrogen-bond donors (Lipinski definition) is 0. The van der Waals surface area contributed by atoms with Gasteiger partial charge in [0.05, 0.1) is 22.7 Å². The van der Waals surface area contributed by atoms with Crippen LogP contribution in [0.1, 0.15) is 15.9 Å². The minimum atomic E-state index is -0.665. The molecule has 0 atom stereocenters. The highest BCUT2D eigenvalue weighted by Gasteiger charge is 2.14. The summed E-state index contributed by atoms with van der Waals surface area (Å²) in [6.07, 6.45) is 0. The maximum atomic E-state index is 13.0. The Morgan fingerprint density at radius 2 is 2.29 bits per heavy atom. The molecule has 0 unspecified atom stereocenters. The van der Waals surface area contributed by atoms with E-state index in [1.165, 1.54) is 13.2 Å². The van der Waals surface area contributed by atoms with Crippen LogP contribution >= 0.6 is 15.9 Å². The van der Waals surface area contributed by atoms with E-state index >= 15 is 0 Å². The van der Waals surface area contributed by atoms with Crippen molar-refractivity contribution < 1.29 is 13.9 Å². The summed E-state index contributed by atoms with van der Waals surface area (Å²) < 4.78 is 17.5. The highest BCUT2D eigenvalue weighted by molar-refractivity contribution is 9.10. The first-order valence-corrected chi connectivity index (χ1v) is 4.37. The molecule has 1 aromatic rings. The largest absolute Gasteiger partial charge is 0.465 e. The Hall–Kier alpha value is -1.41. The smallest absolute Gasteiger partial charge is 0.339 e. The van der Waals surface area contributed by atoms with Crippen molar-refractivity contribution in [1.29, 1.82) is 5.26 Å². The predicted octanol–water partition coefficient (Wildman–Crippen LogP) is 2.25. The summed E-state index contributed by atoms with van der Waals surface area (Å²) in [5.41, 5.74) is 0.000764. The van der Waals surface area contributed by atoms with Crippen LogP contribution in [-0.2, 0) is 4.74 Å². The Morgan fingerprint density at radius 1 is 1.64 bits per heavy atom. The lowest BCUT2D eigenvalue weighted by molar-refractivity contribution is 0.0600. The lowest BCUT2D eigenvalue weighted by Crippen LogP contribution is -2.04. The van der Waals surface area contributed by atoms with E-state index in [2.05, 4.69) is 20.7 Å². The molecule has 0 spiro atoms. The fraction of sp³-hybridized carbons (Fsp3) is 0.111. The van der Waals surface area contributed by atoms with E-state index in [0.717, 1.165) is 6.07 Å². The van der Waals surface area contributed by atoms with Gasteiger partial charge in [0.15, 0.2) is 0 Å².